The topological polar surface area (TPSA) is 70.6 Å². The van der Waals surface area contributed by atoms with E-state index in [0.717, 1.165) is 48.2 Å². The number of nitrogens with one attached hydrogen (secondary N) is 2. The highest BCUT2D eigenvalue weighted by Gasteiger charge is 2.10. The molecule has 0 saturated heterocycles. The Morgan fingerprint density at radius 1 is 1.09 bits per heavy atom. The molecule has 0 spiro atoms. The predicted molar refractivity (Wildman–Crippen MR) is 87.8 cm³/mol. The molecule has 2 amide bonds. The average molecular weight is 301 g/mol. The van der Waals surface area contributed by atoms with E-state index >= 15 is 0 Å². The van der Waals surface area contributed by atoms with Crippen LogP contribution in [0.1, 0.15) is 49.7 Å². The fourth-order valence-corrected chi connectivity index (χ4v) is 2.49. The Labute approximate surface area is 131 Å². The van der Waals surface area contributed by atoms with E-state index in [1.165, 1.54) is 0 Å². The van der Waals surface area contributed by atoms with Crippen molar-refractivity contribution >= 4 is 23.2 Å². The molecule has 5 heteroatoms. The summed E-state index contributed by atoms with van der Waals surface area (Å²) in [4.78, 5) is 23.6. The third-order valence-electron chi connectivity index (χ3n) is 3.75. The summed E-state index contributed by atoms with van der Waals surface area (Å²) in [6, 6.07) is 5.85. The molecule has 0 unspecified atom stereocenters. The van der Waals surface area contributed by atoms with Crippen molar-refractivity contribution in [3.63, 3.8) is 0 Å². The lowest BCUT2D eigenvalue weighted by molar-refractivity contribution is -0.124. The number of anilines is 1. The number of hydrogen-bond donors (Lipinski definition) is 2. The molecule has 2 N–H and O–H groups in total. The summed E-state index contributed by atoms with van der Waals surface area (Å²) in [6.45, 7) is 3.96. The van der Waals surface area contributed by atoms with Gasteiger partial charge in [0, 0.05) is 24.2 Å². The van der Waals surface area contributed by atoms with E-state index in [2.05, 4.69) is 15.8 Å². The Bertz CT molecular complexity index is 586. The summed E-state index contributed by atoms with van der Waals surface area (Å²) in [5.41, 5.74) is 6.55. The van der Waals surface area contributed by atoms with Crippen LogP contribution >= 0.6 is 0 Å². The van der Waals surface area contributed by atoms with Gasteiger partial charge in [-0.05, 0) is 51.2 Å². The highest BCUT2D eigenvalue weighted by atomic mass is 16.2. The summed E-state index contributed by atoms with van der Waals surface area (Å²) in [5.74, 6) is -0.370. The Morgan fingerprint density at radius 3 is 2.45 bits per heavy atom. The van der Waals surface area contributed by atoms with Crippen LogP contribution in [0, 0.1) is 13.8 Å². The fraction of sp³-hybridized carbons (Fsp3) is 0.471. The zero-order valence-corrected chi connectivity index (χ0v) is 13.2. The number of hydrazone groups is 1. The largest absolute Gasteiger partial charge is 0.326 e. The number of nitrogens with zero attached hydrogens (tertiary/aromatic N) is 1. The average Bonchev–Trinajstić information content (AvgIpc) is 2.99. The van der Waals surface area contributed by atoms with Crippen molar-refractivity contribution in [3.05, 3.63) is 29.3 Å². The van der Waals surface area contributed by atoms with E-state index in [4.69, 9.17) is 0 Å². The van der Waals surface area contributed by atoms with Gasteiger partial charge in [-0.1, -0.05) is 17.7 Å². The Balaban J connectivity index is 1.75. The quantitative estimate of drug-likeness (QED) is 0.820. The molecule has 0 aliphatic heterocycles. The van der Waals surface area contributed by atoms with E-state index in [0.29, 0.717) is 0 Å². The summed E-state index contributed by atoms with van der Waals surface area (Å²) in [6.07, 6.45) is 4.53. The van der Waals surface area contributed by atoms with Crippen molar-refractivity contribution in [2.24, 2.45) is 5.10 Å². The molecular formula is C17H23N3O2. The van der Waals surface area contributed by atoms with Gasteiger partial charge in [0.1, 0.15) is 0 Å². The summed E-state index contributed by atoms with van der Waals surface area (Å²) < 4.78 is 0. The number of hydrogen-bond acceptors (Lipinski definition) is 3. The number of aryl methyl sites for hydroxylation is 2. The number of rotatable bonds is 5. The maximum Gasteiger partial charge on any atom is 0.240 e. The lowest BCUT2D eigenvalue weighted by Crippen LogP contribution is -2.21. The van der Waals surface area contributed by atoms with Gasteiger partial charge in [-0.3, -0.25) is 9.59 Å². The second kappa shape index (κ2) is 7.73. The molecule has 0 atom stereocenters. The molecule has 0 bridgehead atoms. The third-order valence-corrected chi connectivity index (χ3v) is 3.75. The second-order valence-electron chi connectivity index (χ2n) is 5.79. The maximum absolute atomic E-state index is 11.9. The van der Waals surface area contributed by atoms with Gasteiger partial charge in [0.2, 0.25) is 11.8 Å². The van der Waals surface area contributed by atoms with E-state index in [1.54, 1.807) is 0 Å². The van der Waals surface area contributed by atoms with Gasteiger partial charge >= 0.3 is 0 Å². The van der Waals surface area contributed by atoms with E-state index in [9.17, 15) is 9.59 Å². The summed E-state index contributed by atoms with van der Waals surface area (Å²) in [5, 5.41) is 6.93. The highest BCUT2D eigenvalue weighted by molar-refractivity contribution is 5.94. The van der Waals surface area contributed by atoms with Gasteiger partial charge < -0.3 is 5.32 Å². The van der Waals surface area contributed by atoms with Gasteiger partial charge in [-0.25, -0.2) is 5.43 Å². The first-order chi connectivity index (χ1) is 10.5. The molecule has 118 valence electrons. The zero-order chi connectivity index (χ0) is 15.9. The van der Waals surface area contributed by atoms with Crippen molar-refractivity contribution in [3.8, 4) is 0 Å². The van der Waals surface area contributed by atoms with Gasteiger partial charge in [-0.2, -0.15) is 5.10 Å². The lowest BCUT2D eigenvalue weighted by Gasteiger charge is -2.09. The molecule has 5 nitrogen and oxygen atoms in total. The summed E-state index contributed by atoms with van der Waals surface area (Å²) in [7, 11) is 0. The number of amides is 2. The van der Waals surface area contributed by atoms with Crippen LogP contribution in [0.15, 0.2) is 23.3 Å². The van der Waals surface area contributed by atoms with Crippen LogP contribution in [-0.2, 0) is 9.59 Å². The Morgan fingerprint density at radius 2 is 1.77 bits per heavy atom. The maximum atomic E-state index is 11.9. The molecular weight excluding hydrogens is 278 g/mol. The molecule has 0 heterocycles. The number of benzene rings is 1. The van der Waals surface area contributed by atoms with Gasteiger partial charge in [0.15, 0.2) is 0 Å². The number of carbonyl (C=O) groups is 2. The van der Waals surface area contributed by atoms with Crippen LogP contribution in [0.5, 0.6) is 0 Å². The molecule has 1 aromatic carbocycles. The van der Waals surface area contributed by atoms with Crippen LogP contribution < -0.4 is 10.7 Å². The van der Waals surface area contributed by atoms with Crippen molar-refractivity contribution in [1.82, 2.24) is 5.43 Å². The molecule has 1 saturated carbocycles. The minimum absolute atomic E-state index is 0.146. The summed E-state index contributed by atoms with van der Waals surface area (Å²) >= 11 is 0. The highest BCUT2D eigenvalue weighted by Crippen LogP contribution is 2.16. The SMILES string of the molecule is Cc1ccc(NC(=O)CCC(=O)NN=C2CCCC2)c(C)c1. The van der Waals surface area contributed by atoms with Crippen molar-refractivity contribution in [2.75, 3.05) is 5.32 Å². The molecule has 0 aromatic heterocycles. The van der Waals surface area contributed by atoms with Crippen LogP contribution in [-0.4, -0.2) is 17.5 Å². The lowest BCUT2D eigenvalue weighted by atomic mass is 10.1. The second-order valence-corrected chi connectivity index (χ2v) is 5.79. The van der Waals surface area contributed by atoms with Gasteiger partial charge in [-0.15, -0.1) is 0 Å². The molecule has 1 aromatic rings. The van der Waals surface area contributed by atoms with Crippen LogP contribution in [0.25, 0.3) is 0 Å². The minimum atomic E-state index is -0.213. The van der Waals surface area contributed by atoms with E-state index in [1.807, 2.05) is 32.0 Å². The molecule has 1 aliphatic rings. The van der Waals surface area contributed by atoms with Crippen LogP contribution in [0.2, 0.25) is 0 Å². The smallest absolute Gasteiger partial charge is 0.240 e. The standard InChI is InChI=1S/C17H23N3O2/c1-12-7-8-15(13(2)11-12)18-16(21)9-10-17(22)20-19-14-5-3-4-6-14/h7-8,11H,3-6,9-10H2,1-2H3,(H,18,21)(H,20,22). The molecule has 2 rings (SSSR count). The van der Waals surface area contributed by atoms with Crippen molar-refractivity contribution in [2.45, 2.75) is 52.4 Å². The van der Waals surface area contributed by atoms with E-state index < -0.39 is 0 Å². The predicted octanol–water partition coefficient (Wildman–Crippen LogP) is 3.07. The molecule has 1 fully saturated rings. The number of carbonyl (C=O) groups excluding carboxylic acids is 2. The van der Waals surface area contributed by atoms with Crippen molar-refractivity contribution in [1.29, 1.82) is 0 Å². The monoisotopic (exact) mass is 301 g/mol. The van der Waals surface area contributed by atoms with Crippen LogP contribution in [0.4, 0.5) is 5.69 Å². The van der Waals surface area contributed by atoms with Gasteiger partial charge in [0.25, 0.3) is 0 Å². The Kier molecular flexibility index (Phi) is 5.69. The zero-order valence-electron chi connectivity index (χ0n) is 13.2. The first kappa shape index (κ1) is 16.2. The van der Waals surface area contributed by atoms with E-state index in [-0.39, 0.29) is 24.7 Å². The molecule has 0 radical (unpaired) electrons. The first-order valence-corrected chi connectivity index (χ1v) is 7.76. The first-order valence-electron chi connectivity index (χ1n) is 7.76. The normalized spacial score (nSPS) is 13.8. The van der Waals surface area contributed by atoms with Gasteiger partial charge in [0.05, 0.1) is 0 Å². The minimum Gasteiger partial charge on any atom is -0.326 e. The third kappa shape index (κ3) is 4.98. The van der Waals surface area contributed by atoms with Crippen LogP contribution in [0.3, 0.4) is 0 Å². The van der Waals surface area contributed by atoms with Crippen molar-refractivity contribution < 1.29 is 9.59 Å². The molecule has 1 aliphatic carbocycles. The fourth-order valence-electron chi connectivity index (χ4n) is 2.49. The Hall–Kier alpha value is -2.17. The molecule has 22 heavy (non-hydrogen) atoms.